The highest BCUT2D eigenvalue weighted by Gasteiger charge is 2.32. The van der Waals surface area contributed by atoms with E-state index in [1.807, 2.05) is 12.1 Å². The summed E-state index contributed by atoms with van der Waals surface area (Å²) in [4.78, 5) is 0. The van der Waals surface area contributed by atoms with Crippen LogP contribution >= 0.6 is 11.6 Å². The van der Waals surface area contributed by atoms with Crippen LogP contribution in [-0.4, -0.2) is 6.04 Å². The van der Waals surface area contributed by atoms with Gasteiger partial charge >= 0.3 is 0 Å². The van der Waals surface area contributed by atoms with E-state index in [1.165, 1.54) is 24.8 Å². The second-order valence-corrected chi connectivity index (χ2v) is 7.37. The molecule has 106 valence electrons. The standard InChI is InChI=1S/C17H26ClN/c1-12-11-17(3,4)9-8-16(12)19-13(2)14-6-5-7-15(18)10-14/h5-7,10,12-13,16,19H,8-9,11H2,1-4H3/t12?,13-,16?/m0/s1. The number of rotatable bonds is 3. The van der Waals surface area contributed by atoms with E-state index in [2.05, 4.69) is 45.1 Å². The quantitative estimate of drug-likeness (QED) is 0.801. The molecule has 1 saturated carbocycles. The average molecular weight is 280 g/mol. The fourth-order valence-corrected chi connectivity index (χ4v) is 3.59. The van der Waals surface area contributed by atoms with Gasteiger partial charge in [0, 0.05) is 17.1 Å². The summed E-state index contributed by atoms with van der Waals surface area (Å²) in [7, 11) is 0. The third-order valence-corrected chi connectivity index (χ3v) is 4.74. The van der Waals surface area contributed by atoms with Crippen molar-refractivity contribution < 1.29 is 0 Å². The summed E-state index contributed by atoms with van der Waals surface area (Å²) in [5.41, 5.74) is 1.79. The largest absolute Gasteiger partial charge is 0.307 e. The molecule has 0 aliphatic heterocycles. The summed E-state index contributed by atoms with van der Waals surface area (Å²) in [6.45, 7) is 9.39. The predicted molar refractivity (Wildman–Crippen MR) is 83.6 cm³/mol. The van der Waals surface area contributed by atoms with E-state index in [-0.39, 0.29) is 0 Å². The highest BCUT2D eigenvalue weighted by molar-refractivity contribution is 6.30. The van der Waals surface area contributed by atoms with Crippen molar-refractivity contribution in [1.82, 2.24) is 5.32 Å². The van der Waals surface area contributed by atoms with Crippen molar-refractivity contribution >= 4 is 11.6 Å². The lowest BCUT2D eigenvalue weighted by Crippen LogP contribution is -2.42. The first-order valence-corrected chi connectivity index (χ1v) is 7.77. The van der Waals surface area contributed by atoms with Gasteiger partial charge < -0.3 is 5.32 Å². The Morgan fingerprint density at radius 1 is 1.37 bits per heavy atom. The first-order chi connectivity index (χ1) is 8.87. The Morgan fingerprint density at radius 3 is 2.74 bits per heavy atom. The van der Waals surface area contributed by atoms with Crippen LogP contribution in [0.25, 0.3) is 0 Å². The van der Waals surface area contributed by atoms with Gasteiger partial charge in [0.1, 0.15) is 0 Å². The predicted octanol–water partition coefficient (Wildman–Crippen LogP) is 5.21. The van der Waals surface area contributed by atoms with Crippen molar-refractivity contribution in [3.05, 3.63) is 34.9 Å². The number of hydrogen-bond donors (Lipinski definition) is 1. The van der Waals surface area contributed by atoms with E-state index in [0.29, 0.717) is 17.5 Å². The lowest BCUT2D eigenvalue weighted by Gasteiger charge is -2.40. The van der Waals surface area contributed by atoms with Crippen LogP contribution in [0, 0.1) is 11.3 Å². The smallest absolute Gasteiger partial charge is 0.0409 e. The topological polar surface area (TPSA) is 12.0 Å². The molecular formula is C17H26ClN. The Labute approximate surface area is 122 Å². The lowest BCUT2D eigenvalue weighted by atomic mass is 9.70. The van der Waals surface area contributed by atoms with E-state index in [1.54, 1.807) is 0 Å². The first kappa shape index (κ1) is 14.9. The maximum atomic E-state index is 6.07. The maximum Gasteiger partial charge on any atom is 0.0409 e. The molecule has 0 heterocycles. The van der Waals surface area contributed by atoms with E-state index < -0.39 is 0 Å². The van der Waals surface area contributed by atoms with E-state index in [9.17, 15) is 0 Å². The first-order valence-electron chi connectivity index (χ1n) is 7.39. The summed E-state index contributed by atoms with van der Waals surface area (Å²) >= 11 is 6.07. The lowest BCUT2D eigenvalue weighted by molar-refractivity contribution is 0.143. The molecule has 1 aromatic carbocycles. The van der Waals surface area contributed by atoms with Crippen molar-refractivity contribution in [2.75, 3.05) is 0 Å². The van der Waals surface area contributed by atoms with Gasteiger partial charge in [-0.2, -0.15) is 0 Å². The minimum absolute atomic E-state index is 0.368. The maximum absolute atomic E-state index is 6.07. The highest BCUT2D eigenvalue weighted by atomic mass is 35.5. The number of hydrogen-bond acceptors (Lipinski definition) is 1. The monoisotopic (exact) mass is 279 g/mol. The van der Waals surface area contributed by atoms with Crippen LogP contribution < -0.4 is 5.32 Å². The Kier molecular flexibility index (Phi) is 4.58. The van der Waals surface area contributed by atoms with Crippen LogP contribution in [0.3, 0.4) is 0 Å². The van der Waals surface area contributed by atoms with Gasteiger partial charge in [-0.15, -0.1) is 0 Å². The molecule has 19 heavy (non-hydrogen) atoms. The van der Waals surface area contributed by atoms with Gasteiger partial charge in [-0.05, 0) is 55.2 Å². The molecule has 0 amide bonds. The van der Waals surface area contributed by atoms with Crippen LogP contribution in [0.1, 0.15) is 58.6 Å². The molecule has 0 aromatic heterocycles. The molecule has 0 bridgehead atoms. The molecule has 0 spiro atoms. The SMILES string of the molecule is CC1CC(C)(C)CCC1N[C@@H](C)c1cccc(Cl)c1. The molecule has 0 radical (unpaired) electrons. The van der Waals surface area contributed by atoms with Crippen molar-refractivity contribution in [3.8, 4) is 0 Å². The number of nitrogens with one attached hydrogen (secondary N) is 1. The molecule has 1 fully saturated rings. The zero-order valence-electron chi connectivity index (χ0n) is 12.5. The van der Waals surface area contributed by atoms with Crippen molar-refractivity contribution in [1.29, 1.82) is 0 Å². The Balaban J connectivity index is 1.98. The molecule has 2 rings (SSSR count). The molecule has 3 atom stereocenters. The van der Waals surface area contributed by atoms with Gasteiger partial charge in [0.25, 0.3) is 0 Å². The second-order valence-electron chi connectivity index (χ2n) is 6.93. The fraction of sp³-hybridized carbons (Fsp3) is 0.647. The Hall–Kier alpha value is -0.530. The van der Waals surface area contributed by atoms with Crippen LogP contribution in [0.15, 0.2) is 24.3 Å². The summed E-state index contributed by atoms with van der Waals surface area (Å²) < 4.78 is 0. The zero-order chi connectivity index (χ0) is 14.0. The van der Waals surface area contributed by atoms with Crippen LogP contribution in [-0.2, 0) is 0 Å². The summed E-state index contributed by atoms with van der Waals surface area (Å²) in [5, 5.41) is 4.61. The van der Waals surface area contributed by atoms with Crippen LogP contribution in [0.2, 0.25) is 5.02 Å². The van der Waals surface area contributed by atoms with Gasteiger partial charge in [0.2, 0.25) is 0 Å². The molecule has 1 N–H and O–H groups in total. The number of halogens is 1. The van der Waals surface area contributed by atoms with Gasteiger partial charge in [-0.3, -0.25) is 0 Å². The third kappa shape index (κ3) is 3.97. The van der Waals surface area contributed by atoms with E-state index in [4.69, 9.17) is 11.6 Å². The molecular weight excluding hydrogens is 254 g/mol. The van der Waals surface area contributed by atoms with Crippen LogP contribution in [0.4, 0.5) is 0 Å². The average Bonchev–Trinajstić information content (AvgIpc) is 2.32. The normalized spacial score (nSPS) is 28.1. The van der Waals surface area contributed by atoms with E-state index in [0.717, 1.165) is 10.9 Å². The second kappa shape index (κ2) is 5.85. The summed E-state index contributed by atoms with van der Waals surface area (Å²) in [5.74, 6) is 0.741. The molecule has 2 heteroatoms. The summed E-state index contributed by atoms with van der Waals surface area (Å²) in [6, 6.07) is 9.18. The van der Waals surface area contributed by atoms with Gasteiger partial charge in [-0.25, -0.2) is 0 Å². The van der Waals surface area contributed by atoms with E-state index >= 15 is 0 Å². The summed E-state index contributed by atoms with van der Waals surface area (Å²) in [6.07, 6.45) is 3.91. The van der Waals surface area contributed by atoms with Crippen LogP contribution in [0.5, 0.6) is 0 Å². The van der Waals surface area contributed by atoms with Crippen molar-refractivity contribution in [2.24, 2.45) is 11.3 Å². The van der Waals surface area contributed by atoms with Gasteiger partial charge in [0.05, 0.1) is 0 Å². The fourth-order valence-electron chi connectivity index (χ4n) is 3.39. The van der Waals surface area contributed by atoms with Crippen molar-refractivity contribution in [2.45, 2.75) is 59.0 Å². The molecule has 2 unspecified atom stereocenters. The molecule has 1 aliphatic carbocycles. The molecule has 1 nitrogen and oxygen atoms in total. The molecule has 1 aliphatic rings. The highest BCUT2D eigenvalue weighted by Crippen LogP contribution is 2.39. The zero-order valence-corrected chi connectivity index (χ0v) is 13.3. The Bertz CT molecular complexity index is 427. The molecule has 0 saturated heterocycles. The van der Waals surface area contributed by atoms with Gasteiger partial charge in [-0.1, -0.05) is 44.5 Å². The third-order valence-electron chi connectivity index (χ3n) is 4.51. The van der Waals surface area contributed by atoms with Crippen molar-refractivity contribution in [3.63, 3.8) is 0 Å². The number of benzene rings is 1. The minimum atomic E-state index is 0.368. The van der Waals surface area contributed by atoms with Gasteiger partial charge in [0.15, 0.2) is 0 Å². The Morgan fingerprint density at radius 2 is 2.11 bits per heavy atom. The molecule has 1 aromatic rings. The minimum Gasteiger partial charge on any atom is -0.307 e.